The zero-order chi connectivity index (χ0) is 40.9. The number of benzene rings is 3. The molecule has 2 N–H and O–H groups in total. The summed E-state index contributed by atoms with van der Waals surface area (Å²) in [6.07, 6.45) is 9.45. The minimum absolute atomic E-state index is 0.0942. The highest BCUT2D eigenvalue weighted by Crippen LogP contribution is 2.61. The Bertz CT molecular complexity index is 1870. The van der Waals surface area contributed by atoms with E-state index in [2.05, 4.69) is 30.9 Å². The normalized spacial score (nSPS) is 23.8. The van der Waals surface area contributed by atoms with Gasteiger partial charge in [-0.05, 0) is 98.0 Å². The molecule has 0 bridgehead atoms. The van der Waals surface area contributed by atoms with E-state index in [9.17, 15) is 15.0 Å². The number of fused-ring (bicyclic) bond motifs is 2. The number of ether oxygens (including phenoxy) is 4. The Morgan fingerprint density at radius 1 is 1.02 bits per heavy atom. The van der Waals surface area contributed by atoms with Crippen molar-refractivity contribution in [3.8, 4) is 17.2 Å². The van der Waals surface area contributed by atoms with Crippen LogP contribution < -0.4 is 14.2 Å². The van der Waals surface area contributed by atoms with E-state index in [-0.39, 0.29) is 55.8 Å². The van der Waals surface area contributed by atoms with E-state index in [1.807, 2.05) is 68.6 Å². The minimum atomic E-state index is -1.30. The third-order valence-corrected chi connectivity index (χ3v) is 12.6. The molecule has 11 heteroatoms. The van der Waals surface area contributed by atoms with Gasteiger partial charge in [-0.2, -0.15) is 0 Å². The van der Waals surface area contributed by atoms with Crippen LogP contribution in [0, 0.1) is 17.8 Å². The Labute approximate surface area is 348 Å². The fourth-order valence-electron chi connectivity index (χ4n) is 9.05. The molecule has 58 heavy (non-hydrogen) atoms. The van der Waals surface area contributed by atoms with Gasteiger partial charge in [-0.1, -0.05) is 60.5 Å². The molecule has 1 fully saturated rings. The lowest BCUT2D eigenvalue weighted by atomic mass is 9.55. The largest absolute Gasteiger partial charge is 0.497 e. The standard InChI is InChI=1S/C47H60N2O8S/c1-5-25-55-47-43(49(3)44(52)29-33-15-14-17-35(28-33)53-4)32-41(48-56-6-2)39-30-34(16-10-12-23-50)38(20-11-13-24-51)45(46(39)47)40-31-36(21-22-42(40)57-47)54-26-27-58-37-18-8-7-9-19-37/h5,7-9,14-15,17-19,21-22,28,30-31,34,38,43,45-46,50-51H,1,6,10-13,16,20,23-27,29,32H2,2-4H3/t34-,38+,43-,45+,46+,47+/m0/s1. The van der Waals surface area contributed by atoms with Gasteiger partial charge in [0.05, 0.1) is 38.4 Å². The van der Waals surface area contributed by atoms with E-state index < -0.39 is 11.8 Å². The van der Waals surface area contributed by atoms with Crippen LogP contribution in [0.4, 0.5) is 0 Å². The van der Waals surface area contributed by atoms with E-state index in [0.29, 0.717) is 44.0 Å². The molecular formula is C47H60N2O8S. The van der Waals surface area contributed by atoms with E-state index in [1.165, 1.54) is 4.90 Å². The van der Waals surface area contributed by atoms with Crippen LogP contribution in [-0.2, 0) is 20.8 Å². The number of allylic oxidation sites excluding steroid dienone is 1. The van der Waals surface area contributed by atoms with Crippen LogP contribution in [0.1, 0.15) is 68.9 Å². The molecule has 312 valence electrons. The van der Waals surface area contributed by atoms with Crippen LogP contribution in [0.15, 0.2) is 107 Å². The summed E-state index contributed by atoms with van der Waals surface area (Å²) in [4.78, 5) is 23.2. The number of carbonyl (C=O) groups excluding carboxylic acids is 1. The Kier molecular flexibility index (Phi) is 15.8. The summed E-state index contributed by atoms with van der Waals surface area (Å²) >= 11 is 1.76. The third kappa shape index (κ3) is 9.93. The maximum atomic E-state index is 14.4. The third-order valence-electron chi connectivity index (χ3n) is 11.7. The first kappa shape index (κ1) is 43.3. The summed E-state index contributed by atoms with van der Waals surface area (Å²) in [5, 5.41) is 24.5. The number of aliphatic hydroxyl groups excluding tert-OH is 2. The number of unbranched alkanes of at least 4 members (excludes halogenated alkanes) is 2. The molecule has 2 aliphatic carbocycles. The van der Waals surface area contributed by atoms with Gasteiger partial charge in [-0.3, -0.25) is 4.79 Å². The van der Waals surface area contributed by atoms with E-state index in [1.54, 1.807) is 29.8 Å². The molecule has 6 rings (SSSR count). The molecule has 10 nitrogen and oxygen atoms in total. The molecule has 6 atom stereocenters. The summed E-state index contributed by atoms with van der Waals surface area (Å²) in [5.74, 6) is 1.32. The van der Waals surface area contributed by atoms with Crippen molar-refractivity contribution < 1.29 is 38.8 Å². The predicted octanol–water partition coefficient (Wildman–Crippen LogP) is 8.22. The molecule has 0 radical (unpaired) electrons. The van der Waals surface area contributed by atoms with Gasteiger partial charge in [-0.25, -0.2) is 0 Å². The van der Waals surface area contributed by atoms with Crippen LogP contribution in [-0.4, -0.2) is 91.5 Å². The molecule has 0 unspecified atom stereocenters. The van der Waals surface area contributed by atoms with Gasteiger partial charge in [0.15, 0.2) is 0 Å². The molecule has 3 aliphatic rings. The van der Waals surface area contributed by atoms with E-state index >= 15 is 0 Å². The smallest absolute Gasteiger partial charge is 0.239 e. The number of rotatable bonds is 22. The number of methoxy groups -OCH3 is 1. The maximum Gasteiger partial charge on any atom is 0.239 e. The second kappa shape index (κ2) is 21.1. The first-order valence-electron chi connectivity index (χ1n) is 20.8. The van der Waals surface area contributed by atoms with Gasteiger partial charge in [-0.15, -0.1) is 18.3 Å². The fourth-order valence-corrected chi connectivity index (χ4v) is 9.80. The van der Waals surface area contributed by atoms with Gasteiger partial charge < -0.3 is 38.9 Å². The Balaban J connectivity index is 1.46. The molecule has 0 saturated heterocycles. The summed E-state index contributed by atoms with van der Waals surface area (Å²) in [6.45, 7) is 7.32. The number of nitrogens with zero attached hydrogens (tertiary/aromatic N) is 2. The quantitative estimate of drug-likeness (QED) is 0.0448. The van der Waals surface area contributed by atoms with Gasteiger partial charge in [0.2, 0.25) is 11.7 Å². The molecule has 0 aromatic heterocycles. The number of thioether (sulfide) groups is 1. The molecule has 3 aromatic carbocycles. The van der Waals surface area contributed by atoms with Crippen molar-refractivity contribution in [1.29, 1.82) is 0 Å². The van der Waals surface area contributed by atoms with Gasteiger partial charge in [0, 0.05) is 48.8 Å². The lowest BCUT2D eigenvalue weighted by Gasteiger charge is -2.59. The van der Waals surface area contributed by atoms with E-state index in [0.717, 1.165) is 59.6 Å². The monoisotopic (exact) mass is 812 g/mol. The highest BCUT2D eigenvalue weighted by molar-refractivity contribution is 7.99. The van der Waals surface area contributed by atoms with Crippen LogP contribution in [0.3, 0.4) is 0 Å². The Hall–Kier alpha value is -4.29. The molecule has 0 spiro atoms. The van der Waals surface area contributed by atoms with Crippen molar-refractivity contribution in [2.45, 2.75) is 80.9 Å². The SMILES string of the molecule is C=CCO[C@@]12Oc3ccc(OCCSc4ccccc4)cc3[C@H]3[C@H](CCCCO)[C@@H](CCCCO)C=C(C(=NOCC)C[C@@H]1N(C)C(=O)Cc1cccc(OC)c1)[C@H]32. The molecule has 3 aromatic rings. The second-order valence-electron chi connectivity index (χ2n) is 15.2. The average Bonchev–Trinajstić information content (AvgIpc) is 3.25. The maximum absolute atomic E-state index is 14.4. The van der Waals surface area contributed by atoms with Gasteiger partial charge in [0.1, 0.15) is 29.9 Å². The van der Waals surface area contributed by atoms with Crippen LogP contribution >= 0.6 is 11.8 Å². The van der Waals surface area contributed by atoms with E-state index in [4.69, 9.17) is 28.9 Å². The van der Waals surface area contributed by atoms with Crippen LogP contribution in [0.5, 0.6) is 17.2 Å². The number of carbonyl (C=O) groups is 1. The molecule has 1 amide bonds. The lowest BCUT2D eigenvalue weighted by Crippen LogP contribution is -2.69. The number of hydrogen-bond acceptors (Lipinski definition) is 10. The fraction of sp³-hybridized carbons (Fsp3) is 0.489. The topological polar surface area (TPSA) is 119 Å². The van der Waals surface area contributed by atoms with Crippen molar-refractivity contribution in [2.24, 2.45) is 22.9 Å². The van der Waals surface area contributed by atoms with Gasteiger partial charge >= 0.3 is 0 Å². The van der Waals surface area contributed by atoms with Crippen molar-refractivity contribution in [3.05, 3.63) is 108 Å². The summed E-state index contributed by atoms with van der Waals surface area (Å²) in [6, 6.07) is 23.4. The summed E-state index contributed by atoms with van der Waals surface area (Å²) < 4.78 is 26.2. The Morgan fingerprint density at radius 2 is 1.81 bits per heavy atom. The van der Waals surface area contributed by atoms with Crippen LogP contribution in [0.25, 0.3) is 0 Å². The first-order chi connectivity index (χ1) is 28.4. The highest BCUT2D eigenvalue weighted by Gasteiger charge is 2.65. The van der Waals surface area contributed by atoms with Gasteiger partial charge in [0.25, 0.3) is 0 Å². The summed E-state index contributed by atoms with van der Waals surface area (Å²) in [5.41, 5.74) is 3.66. The lowest BCUT2D eigenvalue weighted by molar-refractivity contribution is -0.255. The first-order valence-corrected chi connectivity index (χ1v) is 21.8. The number of oxime groups is 1. The molecular weight excluding hydrogens is 753 g/mol. The van der Waals surface area contributed by atoms with Crippen molar-refractivity contribution in [2.75, 3.05) is 52.9 Å². The van der Waals surface area contributed by atoms with Crippen molar-refractivity contribution >= 4 is 23.4 Å². The number of hydrogen-bond donors (Lipinski definition) is 2. The number of amides is 1. The molecule has 1 heterocycles. The average molecular weight is 813 g/mol. The zero-order valence-electron chi connectivity index (χ0n) is 34.2. The Morgan fingerprint density at radius 3 is 2.55 bits per heavy atom. The highest BCUT2D eigenvalue weighted by atomic mass is 32.2. The predicted molar refractivity (Wildman–Crippen MR) is 229 cm³/mol. The molecule has 1 saturated carbocycles. The second-order valence-corrected chi connectivity index (χ2v) is 16.4. The van der Waals surface area contributed by atoms with Crippen molar-refractivity contribution in [1.82, 2.24) is 4.90 Å². The number of aliphatic hydroxyl groups is 2. The number of likely N-dealkylation sites (N-methyl/N-ethyl adjacent to an activating group) is 1. The molecule has 1 aliphatic heterocycles. The zero-order valence-corrected chi connectivity index (χ0v) is 35.0. The van der Waals surface area contributed by atoms with Crippen molar-refractivity contribution in [3.63, 3.8) is 0 Å². The minimum Gasteiger partial charge on any atom is -0.497 e. The van der Waals surface area contributed by atoms with Crippen LogP contribution in [0.2, 0.25) is 0 Å². The summed E-state index contributed by atoms with van der Waals surface area (Å²) in [7, 11) is 3.45.